The van der Waals surface area contributed by atoms with Gasteiger partial charge in [0, 0.05) is 30.7 Å². The average Bonchev–Trinajstić information content (AvgIpc) is 2.97. The summed E-state index contributed by atoms with van der Waals surface area (Å²) in [5, 5.41) is 0.710. The Morgan fingerprint density at radius 3 is 2.17 bits per heavy atom. The second-order valence-electron chi connectivity index (χ2n) is 13.9. The Morgan fingerprint density at radius 1 is 0.979 bits per heavy atom. The molecule has 0 bridgehead atoms. The fraction of sp³-hybridized carbons (Fsp3) is 0.486. The quantitative estimate of drug-likeness (QED) is 0.217. The average molecular weight is 664 g/mol. The predicted octanol–water partition coefficient (Wildman–Crippen LogP) is 7.42. The number of rotatable bonds is 5. The van der Waals surface area contributed by atoms with E-state index < -0.39 is 23.2 Å². The highest BCUT2D eigenvalue weighted by molar-refractivity contribution is 6.33. The van der Waals surface area contributed by atoms with Gasteiger partial charge in [-0.2, -0.15) is 4.98 Å². The third kappa shape index (κ3) is 6.68. The highest BCUT2D eigenvalue weighted by Gasteiger charge is 2.37. The van der Waals surface area contributed by atoms with Crippen molar-refractivity contribution in [2.24, 2.45) is 0 Å². The van der Waals surface area contributed by atoms with E-state index in [-0.39, 0.29) is 45.8 Å². The van der Waals surface area contributed by atoms with Crippen LogP contribution >= 0.6 is 11.6 Å². The Balaban J connectivity index is 1.79. The van der Waals surface area contributed by atoms with E-state index in [1.54, 1.807) is 29.2 Å². The Kier molecular flexibility index (Phi) is 9.34. The summed E-state index contributed by atoms with van der Waals surface area (Å²) in [7, 11) is 0. The number of anilines is 1. The molecule has 0 N–H and O–H groups in total. The Hall–Kier alpha value is -4.12. The van der Waals surface area contributed by atoms with Crippen molar-refractivity contribution in [3.8, 4) is 16.9 Å². The van der Waals surface area contributed by atoms with Crippen LogP contribution in [0.25, 0.3) is 28.0 Å². The van der Waals surface area contributed by atoms with Gasteiger partial charge in [0.15, 0.2) is 5.65 Å². The molecule has 0 aliphatic carbocycles. The molecule has 1 amide bonds. The topological polar surface area (TPSA) is 106 Å². The van der Waals surface area contributed by atoms with Crippen molar-refractivity contribution >= 4 is 34.5 Å². The first-order valence-electron chi connectivity index (χ1n) is 16.0. The summed E-state index contributed by atoms with van der Waals surface area (Å²) >= 11 is 6.88. The second kappa shape index (κ2) is 12.8. The van der Waals surface area contributed by atoms with E-state index >= 15 is 4.39 Å². The van der Waals surface area contributed by atoms with Crippen molar-refractivity contribution in [2.75, 3.05) is 18.0 Å². The molecule has 1 aliphatic rings. The fourth-order valence-electron chi connectivity index (χ4n) is 6.01. The molecule has 4 heterocycles. The number of ether oxygens (including phenoxy) is 1. The molecule has 10 nitrogen and oxygen atoms in total. The van der Waals surface area contributed by atoms with Gasteiger partial charge < -0.3 is 14.5 Å². The molecule has 1 aliphatic heterocycles. The zero-order valence-corrected chi connectivity index (χ0v) is 29.5. The van der Waals surface area contributed by atoms with Gasteiger partial charge in [-0.05, 0) is 71.6 Å². The molecule has 12 heteroatoms. The minimum atomic E-state index is -0.638. The van der Waals surface area contributed by atoms with E-state index in [0.717, 1.165) is 0 Å². The summed E-state index contributed by atoms with van der Waals surface area (Å²) in [6, 6.07) is 7.45. The lowest BCUT2D eigenvalue weighted by Gasteiger charge is -2.44. The summed E-state index contributed by atoms with van der Waals surface area (Å²) in [6.45, 7) is 20.0. The van der Waals surface area contributed by atoms with Crippen molar-refractivity contribution in [3.63, 3.8) is 0 Å². The van der Waals surface area contributed by atoms with Crippen LogP contribution in [0.1, 0.15) is 91.4 Å². The first-order valence-corrected chi connectivity index (χ1v) is 16.4. The molecule has 47 heavy (non-hydrogen) atoms. The zero-order valence-electron chi connectivity index (χ0n) is 28.7. The summed E-state index contributed by atoms with van der Waals surface area (Å²) in [5.74, 6) is 0.354. The molecule has 5 rings (SSSR count). The number of fused-ring (bicyclic) bond motifs is 1. The highest BCUT2D eigenvalue weighted by Crippen LogP contribution is 2.37. The van der Waals surface area contributed by atoms with Crippen LogP contribution in [0.3, 0.4) is 0 Å². The molecule has 1 aromatic carbocycles. The van der Waals surface area contributed by atoms with Gasteiger partial charge in [-0.1, -0.05) is 51.4 Å². The molecular weight excluding hydrogens is 621 g/mol. The molecule has 0 unspecified atom stereocenters. The number of benzene rings is 1. The third-order valence-corrected chi connectivity index (χ3v) is 8.47. The molecule has 0 saturated carbocycles. The summed E-state index contributed by atoms with van der Waals surface area (Å²) in [5.41, 5.74) is 1.32. The van der Waals surface area contributed by atoms with Crippen LogP contribution < -0.4 is 10.6 Å². The number of halogens is 2. The molecule has 0 radical (unpaired) electrons. The molecule has 0 spiro atoms. The largest absolute Gasteiger partial charge is 0.444 e. The molecule has 3 aromatic heterocycles. The summed E-state index contributed by atoms with van der Waals surface area (Å²) in [4.78, 5) is 50.3. The number of aryl methyl sites for hydroxylation is 1. The number of carbonyl (C=O) groups excluding carboxylic acids is 1. The summed E-state index contributed by atoms with van der Waals surface area (Å²) < 4.78 is 22.3. The van der Waals surface area contributed by atoms with Crippen molar-refractivity contribution in [1.29, 1.82) is 0 Å². The first-order chi connectivity index (χ1) is 22.0. The minimum absolute atomic E-state index is 0.0639. The van der Waals surface area contributed by atoms with Crippen LogP contribution in [0, 0.1) is 12.7 Å². The Bertz CT molecular complexity index is 1870. The zero-order chi connectivity index (χ0) is 34.5. The lowest BCUT2D eigenvalue weighted by atomic mass is 10.0. The van der Waals surface area contributed by atoms with E-state index in [0.29, 0.717) is 47.2 Å². The maximum Gasteiger partial charge on any atom is 0.410 e. The smallest absolute Gasteiger partial charge is 0.410 e. The number of nitrogens with zero attached hydrogens (tertiary/aromatic N) is 7. The van der Waals surface area contributed by atoms with Crippen LogP contribution in [-0.2, 0) is 4.74 Å². The van der Waals surface area contributed by atoms with Crippen LogP contribution in [0.4, 0.5) is 15.0 Å². The lowest BCUT2D eigenvalue weighted by Crippen LogP contribution is -2.59. The normalized spacial score (nSPS) is 17.2. The minimum Gasteiger partial charge on any atom is -0.444 e. The Morgan fingerprint density at radius 2 is 1.60 bits per heavy atom. The third-order valence-electron chi connectivity index (χ3n) is 8.18. The fourth-order valence-corrected chi connectivity index (χ4v) is 6.26. The van der Waals surface area contributed by atoms with Gasteiger partial charge in [-0.25, -0.2) is 33.5 Å². The molecule has 1 saturated heterocycles. The van der Waals surface area contributed by atoms with Crippen molar-refractivity contribution in [1.82, 2.24) is 29.4 Å². The van der Waals surface area contributed by atoms with Crippen molar-refractivity contribution in [2.45, 2.75) is 98.8 Å². The van der Waals surface area contributed by atoms with E-state index in [1.807, 2.05) is 74.1 Å². The van der Waals surface area contributed by atoms with Gasteiger partial charge in [0.05, 0.1) is 33.2 Å². The lowest BCUT2D eigenvalue weighted by molar-refractivity contribution is 0.0130. The van der Waals surface area contributed by atoms with Gasteiger partial charge in [0.1, 0.15) is 23.1 Å². The van der Waals surface area contributed by atoms with Crippen molar-refractivity contribution < 1.29 is 13.9 Å². The number of amides is 1. The number of pyridine rings is 1. The van der Waals surface area contributed by atoms with Gasteiger partial charge >= 0.3 is 11.8 Å². The number of hydrogen-bond donors (Lipinski definition) is 0. The number of aromatic nitrogens is 5. The second-order valence-corrected chi connectivity index (χ2v) is 14.3. The van der Waals surface area contributed by atoms with Gasteiger partial charge in [0.2, 0.25) is 0 Å². The van der Waals surface area contributed by atoms with Gasteiger partial charge in [0.25, 0.3) is 0 Å². The first kappa shape index (κ1) is 34.2. The maximum absolute atomic E-state index is 15.2. The molecule has 2 atom stereocenters. The molecule has 1 fully saturated rings. The van der Waals surface area contributed by atoms with E-state index in [4.69, 9.17) is 31.3 Å². The number of piperazine rings is 1. The van der Waals surface area contributed by atoms with Crippen LogP contribution in [0.2, 0.25) is 5.02 Å². The van der Waals surface area contributed by atoms with E-state index in [1.165, 1.54) is 10.6 Å². The predicted molar refractivity (Wildman–Crippen MR) is 183 cm³/mol. The highest BCUT2D eigenvalue weighted by atomic mass is 35.5. The molecular formula is C35H43ClFN7O3. The monoisotopic (exact) mass is 663 g/mol. The Labute approximate surface area is 280 Å². The van der Waals surface area contributed by atoms with Crippen LogP contribution in [-0.4, -0.2) is 66.3 Å². The summed E-state index contributed by atoms with van der Waals surface area (Å²) in [6.07, 6.45) is -0.397. The molecule has 4 aromatic rings. The van der Waals surface area contributed by atoms with Crippen molar-refractivity contribution in [3.05, 3.63) is 68.9 Å². The van der Waals surface area contributed by atoms with Crippen LogP contribution in [0.5, 0.6) is 0 Å². The number of hydrogen-bond acceptors (Lipinski definition) is 8. The SMILES string of the molecule is Cc1nc(C(C)C)c(-n2c(=O)nc(N3C[C@@H](C)N(C(=O)OC(C)(C)C)C[C@@H]3C)c3cc(Cl)c(-c4ccccc4F)nc32)c(C(C)C)n1. The van der Waals surface area contributed by atoms with Gasteiger partial charge in [-0.15, -0.1) is 0 Å². The standard InChI is InChI=1S/C35H43ClFN7O3/c1-18(2)27-30(28(19(3)4)39-22(7)38-27)44-32-24(15-25(36)29(40-32)23-13-11-12-14-26(23)37)31(41-33(44)45)42-16-21(6)43(17-20(42)5)34(46)47-35(8,9)10/h11-15,18-21H,16-17H2,1-10H3/t20-,21+/m0/s1. The van der Waals surface area contributed by atoms with Gasteiger partial charge in [-0.3, -0.25) is 0 Å². The van der Waals surface area contributed by atoms with E-state index in [9.17, 15) is 9.59 Å². The van der Waals surface area contributed by atoms with Crippen LogP contribution in [0.15, 0.2) is 35.1 Å². The molecule has 250 valence electrons. The van der Waals surface area contributed by atoms with E-state index in [2.05, 4.69) is 4.98 Å². The maximum atomic E-state index is 15.2. The number of carbonyl (C=O) groups is 1.